The molecule has 0 aliphatic heterocycles. The van der Waals surface area contributed by atoms with Crippen LogP contribution >= 0.6 is 38.9 Å². The van der Waals surface area contributed by atoms with E-state index in [1.54, 1.807) is 11.3 Å². The molecule has 0 spiro atoms. The molecule has 3 heterocycles. The molecule has 0 fully saturated rings. The molecule has 0 N–H and O–H groups in total. The number of aromatic nitrogens is 3. The fourth-order valence-electron chi connectivity index (χ4n) is 2.00. The van der Waals surface area contributed by atoms with Crippen LogP contribution in [0.4, 0.5) is 0 Å². The number of pyridine rings is 1. The summed E-state index contributed by atoms with van der Waals surface area (Å²) in [7, 11) is 0. The number of thiophene rings is 1. The average Bonchev–Trinajstić information content (AvgIpc) is 2.94. The lowest BCUT2D eigenvalue weighted by Gasteiger charge is -2.05. The molecule has 3 rings (SSSR count). The van der Waals surface area contributed by atoms with Gasteiger partial charge >= 0.3 is 0 Å². The summed E-state index contributed by atoms with van der Waals surface area (Å²) in [5.41, 5.74) is 2.79. The molecule has 0 saturated heterocycles. The van der Waals surface area contributed by atoms with Gasteiger partial charge in [0.15, 0.2) is 5.65 Å². The van der Waals surface area contributed by atoms with Crippen LogP contribution in [0.5, 0.6) is 0 Å². The third kappa shape index (κ3) is 2.55. The van der Waals surface area contributed by atoms with Gasteiger partial charge in [0.25, 0.3) is 0 Å². The minimum atomic E-state index is 0.391. The molecule has 3 aromatic heterocycles. The lowest BCUT2D eigenvalue weighted by Crippen LogP contribution is -2.03. The summed E-state index contributed by atoms with van der Waals surface area (Å²) in [6.45, 7) is 2.74. The van der Waals surface area contributed by atoms with E-state index in [0.29, 0.717) is 5.88 Å². The summed E-state index contributed by atoms with van der Waals surface area (Å²) >= 11 is 11.2. The van der Waals surface area contributed by atoms with E-state index in [1.165, 1.54) is 4.88 Å². The topological polar surface area (TPSA) is 30.7 Å². The van der Waals surface area contributed by atoms with Crippen LogP contribution < -0.4 is 0 Å². The zero-order valence-electron chi connectivity index (χ0n) is 10.2. The third-order valence-electron chi connectivity index (χ3n) is 2.87. The number of hydrogen-bond acceptors (Lipinski definition) is 3. The van der Waals surface area contributed by atoms with Crippen LogP contribution in [0, 0.1) is 6.92 Å². The van der Waals surface area contributed by atoms with E-state index in [4.69, 9.17) is 11.6 Å². The van der Waals surface area contributed by atoms with Gasteiger partial charge < -0.3 is 4.57 Å². The van der Waals surface area contributed by atoms with E-state index in [0.717, 1.165) is 33.0 Å². The Morgan fingerprint density at radius 3 is 2.79 bits per heavy atom. The molecular weight excluding hydrogens is 346 g/mol. The van der Waals surface area contributed by atoms with Gasteiger partial charge in [-0.3, -0.25) is 0 Å². The van der Waals surface area contributed by atoms with Gasteiger partial charge in [-0.25, -0.2) is 9.97 Å². The zero-order chi connectivity index (χ0) is 13.4. The second-order valence-electron chi connectivity index (χ2n) is 4.25. The van der Waals surface area contributed by atoms with Gasteiger partial charge in [-0.1, -0.05) is 0 Å². The quantitative estimate of drug-likeness (QED) is 0.653. The predicted octanol–water partition coefficient (Wildman–Crippen LogP) is 4.35. The van der Waals surface area contributed by atoms with Crippen LogP contribution in [-0.2, 0) is 12.4 Å². The molecular formula is C13H11BrClN3S. The molecule has 3 nitrogen and oxygen atoms in total. The number of aryl methyl sites for hydroxylation is 1. The first-order chi connectivity index (χ1) is 9.17. The summed E-state index contributed by atoms with van der Waals surface area (Å²) < 4.78 is 3.22. The Balaban J connectivity index is 2.12. The molecule has 0 aliphatic rings. The standard InChI is InChI=1S/C13H11BrClN3S/c1-8-2-4-10-13(16-8)18(12(6-15)17-10)7-9-3-5-11(14)19-9/h2-5H,6-7H2,1H3. The fraction of sp³-hybridized carbons (Fsp3) is 0.231. The molecule has 98 valence electrons. The second-order valence-corrected chi connectivity index (χ2v) is 7.06. The average molecular weight is 357 g/mol. The van der Waals surface area contributed by atoms with Crippen LogP contribution in [0.15, 0.2) is 28.1 Å². The molecule has 0 unspecified atom stereocenters. The highest BCUT2D eigenvalue weighted by atomic mass is 79.9. The van der Waals surface area contributed by atoms with Crippen LogP contribution in [0.3, 0.4) is 0 Å². The van der Waals surface area contributed by atoms with Crippen LogP contribution in [0.2, 0.25) is 0 Å². The van der Waals surface area contributed by atoms with Gasteiger partial charge in [-0.2, -0.15) is 0 Å². The highest BCUT2D eigenvalue weighted by molar-refractivity contribution is 9.11. The maximum atomic E-state index is 6.00. The second kappa shape index (κ2) is 5.23. The van der Waals surface area contributed by atoms with Crippen molar-refractivity contribution < 1.29 is 0 Å². The van der Waals surface area contributed by atoms with E-state index >= 15 is 0 Å². The monoisotopic (exact) mass is 355 g/mol. The Hall–Kier alpha value is -0.910. The van der Waals surface area contributed by atoms with Gasteiger partial charge in [0, 0.05) is 10.6 Å². The zero-order valence-corrected chi connectivity index (χ0v) is 13.4. The molecule has 0 atom stereocenters. The largest absolute Gasteiger partial charge is 0.306 e. The molecule has 3 aromatic rings. The summed E-state index contributed by atoms with van der Waals surface area (Å²) in [6.07, 6.45) is 0. The first-order valence-electron chi connectivity index (χ1n) is 5.80. The van der Waals surface area contributed by atoms with E-state index in [-0.39, 0.29) is 0 Å². The van der Waals surface area contributed by atoms with Crippen molar-refractivity contribution in [1.29, 1.82) is 0 Å². The number of fused-ring (bicyclic) bond motifs is 1. The van der Waals surface area contributed by atoms with Gasteiger partial charge in [-0.05, 0) is 47.1 Å². The van der Waals surface area contributed by atoms with Crippen LogP contribution in [0.25, 0.3) is 11.2 Å². The lowest BCUT2D eigenvalue weighted by atomic mass is 10.3. The normalized spacial score (nSPS) is 11.3. The van der Waals surface area contributed by atoms with Crippen LogP contribution in [0.1, 0.15) is 16.4 Å². The summed E-state index contributed by atoms with van der Waals surface area (Å²) in [5, 5.41) is 0. The molecule has 0 amide bonds. The SMILES string of the molecule is Cc1ccc2nc(CCl)n(Cc3ccc(Br)s3)c2n1. The van der Waals surface area contributed by atoms with Crippen molar-refractivity contribution in [3.8, 4) is 0 Å². The summed E-state index contributed by atoms with van der Waals surface area (Å²) in [6, 6.07) is 8.13. The minimum Gasteiger partial charge on any atom is -0.306 e. The molecule has 19 heavy (non-hydrogen) atoms. The van der Waals surface area contributed by atoms with Crippen molar-refractivity contribution in [2.45, 2.75) is 19.3 Å². The van der Waals surface area contributed by atoms with Crippen molar-refractivity contribution >= 4 is 50.0 Å². The Morgan fingerprint density at radius 2 is 2.11 bits per heavy atom. The Morgan fingerprint density at radius 1 is 1.26 bits per heavy atom. The molecule has 0 aliphatic carbocycles. The van der Waals surface area contributed by atoms with Crippen molar-refractivity contribution in [3.05, 3.63) is 44.4 Å². The van der Waals surface area contributed by atoms with E-state index in [9.17, 15) is 0 Å². The third-order valence-corrected chi connectivity index (χ3v) is 4.72. The molecule has 0 aromatic carbocycles. The lowest BCUT2D eigenvalue weighted by molar-refractivity contribution is 0.779. The number of alkyl halides is 1. The maximum Gasteiger partial charge on any atom is 0.160 e. The van der Waals surface area contributed by atoms with Gasteiger partial charge in [0.2, 0.25) is 0 Å². The number of imidazole rings is 1. The summed E-state index contributed by atoms with van der Waals surface area (Å²) in [4.78, 5) is 10.4. The highest BCUT2D eigenvalue weighted by Gasteiger charge is 2.12. The molecule has 6 heteroatoms. The maximum absolute atomic E-state index is 6.00. The Labute approximate surface area is 128 Å². The minimum absolute atomic E-state index is 0.391. The van der Waals surface area contributed by atoms with Gasteiger partial charge in [0.1, 0.15) is 11.3 Å². The van der Waals surface area contributed by atoms with Crippen molar-refractivity contribution in [2.24, 2.45) is 0 Å². The van der Waals surface area contributed by atoms with Gasteiger partial charge in [-0.15, -0.1) is 22.9 Å². The Kier molecular flexibility index (Phi) is 3.60. The van der Waals surface area contributed by atoms with Gasteiger partial charge in [0.05, 0.1) is 16.2 Å². The highest BCUT2D eigenvalue weighted by Crippen LogP contribution is 2.25. The number of rotatable bonds is 3. The van der Waals surface area contributed by atoms with E-state index in [2.05, 4.69) is 42.6 Å². The molecule has 0 radical (unpaired) electrons. The van der Waals surface area contributed by atoms with E-state index in [1.807, 2.05) is 19.1 Å². The first kappa shape index (κ1) is 13.1. The van der Waals surface area contributed by atoms with Crippen molar-refractivity contribution in [3.63, 3.8) is 0 Å². The number of halogens is 2. The summed E-state index contributed by atoms with van der Waals surface area (Å²) in [5.74, 6) is 1.25. The number of hydrogen-bond donors (Lipinski definition) is 0. The van der Waals surface area contributed by atoms with Crippen LogP contribution in [-0.4, -0.2) is 14.5 Å². The van der Waals surface area contributed by atoms with Crippen molar-refractivity contribution in [2.75, 3.05) is 0 Å². The predicted molar refractivity (Wildman–Crippen MR) is 82.9 cm³/mol. The smallest absolute Gasteiger partial charge is 0.160 e. The Bertz CT molecular complexity index is 735. The fourth-order valence-corrected chi connectivity index (χ4v) is 3.68. The van der Waals surface area contributed by atoms with Crippen molar-refractivity contribution in [1.82, 2.24) is 14.5 Å². The first-order valence-corrected chi connectivity index (χ1v) is 7.94. The molecule has 0 bridgehead atoms. The molecule has 0 saturated carbocycles. The van der Waals surface area contributed by atoms with E-state index < -0.39 is 0 Å². The number of nitrogens with zero attached hydrogens (tertiary/aromatic N) is 3.